The van der Waals surface area contributed by atoms with Crippen LogP contribution in [0.1, 0.15) is 5.56 Å². The van der Waals surface area contributed by atoms with Crippen LogP contribution in [-0.2, 0) is 0 Å². The second-order valence-electron chi connectivity index (χ2n) is 2.01. The maximum atomic E-state index is 5.66. The Morgan fingerprint density at radius 2 is 2.30 bits per heavy atom. The van der Waals surface area contributed by atoms with Crippen molar-refractivity contribution in [1.29, 1.82) is 0 Å². The summed E-state index contributed by atoms with van der Waals surface area (Å²) in [4.78, 5) is 3.89. The van der Waals surface area contributed by atoms with E-state index in [2.05, 4.69) is 4.98 Å². The summed E-state index contributed by atoms with van der Waals surface area (Å²) in [5.74, 6) is 0.627. The number of aryl methyl sites for hydroxylation is 1. The van der Waals surface area contributed by atoms with Gasteiger partial charge in [-0.1, -0.05) is 11.6 Å². The van der Waals surface area contributed by atoms with Crippen LogP contribution in [0, 0.1) is 6.92 Å². The molecule has 0 spiro atoms. The molecule has 0 amide bonds. The molecule has 1 aromatic heterocycles. The van der Waals surface area contributed by atoms with Crippen molar-refractivity contribution in [2.75, 3.05) is 7.11 Å². The summed E-state index contributed by atoms with van der Waals surface area (Å²) in [6.45, 7) is 1.94. The van der Waals surface area contributed by atoms with E-state index in [1.54, 1.807) is 13.3 Å². The normalized spacial score (nSPS) is 9.50. The minimum atomic E-state index is 0.410. The minimum absolute atomic E-state index is 0.410. The van der Waals surface area contributed by atoms with E-state index in [0.717, 1.165) is 5.56 Å². The summed E-state index contributed by atoms with van der Waals surface area (Å²) < 4.78 is 4.93. The number of methoxy groups -OCH3 is 1. The predicted octanol–water partition coefficient (Wildman–Crippen LogP) is 2.05. The van der Waals surface area contributed by atoms with E-state index in [9.17, 15) is 0 Å². The van der Waals surface area contributed by atoms with Gasteiger partial charge in [0.2, 0.25) is 0 Å². The Labute approximate surface area is 64.8 Å². The van der Waals surface area contributed by atoms with Crippen LogP contribution >= 0.6 is 11.6 Å². The Balaban J connectivity index is 3.09. The Morgan fingerprint density at radius 3 is 2.80 bits per heavy atom. The molecule has 0 saturated heterocycles. The zero-order chi connectivity index (χ0) is 7.56. The molecule has 0 aromatic carbocycles. The summed E-state index contributed by atoms with van der Waals surface area (Å²) in [6.07, 6.45) is 1.70. The fourth-order valence-electron chi connectivity index (χ4n) is 0.669. The number of hydrogen-bond donors (Lipinski definition) is 0. The van der Waals surface area contributed by atoms with Crippen LogP contribution in [0.2, 0.25) is 5.15 Å². The van der Waals surface area contributed by atoms with Crippen LogP contribution in [0.15, 0.2) is 12.3 Å². The third-order valence-electron chi connectivity index (χ3n) is 1.16. The van der Waals surface area contributed by atoms with Crippen LogP contribution in [0.4, 0.5) is 0 Å². The van der Waals surface area contributed by atoms with Crippen LogP contribution in [0.5, 0.6) is 5.75 Å². The molecule has 0 bridgehead atoms. The summed E-state index contributed by atoms with van der Waals surface area (Å²) in [5, 5.41) is 0.410. The molecule has 0 aliphatic heterocycles. The van der Waals surface area contributed by atoms with Gasteiger partial charge >= 0.3 is 0 Å². The van der Waals surface area contributed by atoms with E-state index >= 15 is 0 Å². The van der Waals surface area contributed by atoms with Crippen LogP contribution in [-0.4, -0.2) is 12.1 Å². The smallest absolute Gasteiger partial charge is 0.171 e. The van der Waals surface area contributed by atoms with E-state index in [1.807, 2.05) is 13.0 Å². The van der Waals surface area contributed by atoms with Gasteiger partial charge in [-0.05, 0) is 18.6 Å². The van der Waals surface area contributed by atoms with Crippen molar-refractivity contribution in [2.45, 2.75) is 6.92 Å². The van der Waals surface area contributed by atoms with Crippen molar-refractivity contribution in [3.63, 3.8) is 0 Å². The van der Waals surface area contributed by atoms with Gasteiger partial charge in [-0.3, -0.25) is 0 Å². The Bertz CT molecular complexity index is 237. The first-order valence-corrected chi connectivity index (χ1v) is 3.28. The van der Waals surface area contributed by atoms with Gasteiger partial charge < -0.3 is 4.74 Å². The number of hydrogen-bond acceptors (Lipinski definition) is 2. The number of aromatic nitrogens is 1. The molecule has 0 aliphatic rings. The lowest BCUT2D eigenvalue weighted by molar-refractivity contribution is 0.413. The molecule has 3 heteroatoms. The molecular weight excluding hydrogens is 150 g/mol. The first kappa shape index (κ1) is 7.35. The van der Waals surface area contributed by atoms with Gasteiger partial charge in [0.25, 0.3) is 0 Å². The van der Waals surface area contributed by atoms with Gasteiger partial charge in [-0.25, -0.2) is 4.98 Å². The monoisotopic (exact) mass is 157 g/mol. The topological polar surface area (TPSA) is 22.1 Å². The first-order valence-electron chi connectivity index (χ1n) is 2.90. The summed E-state index contributed by atoms with van der Waals surface area (Å²) in [5.41, 5.74) is 1.04. The van der Waals surface area contributed by atoms with Gasteiger partial charge in [0.15, 0.2) is 10.9 Å². The molecule has 1 heterocycles. The van der Waals surface area contributed by atoms with E-state index < -0.39 is 0 Å². The highest BCUT2D eigenvalue weighted by molar-refractivity contribution is 6.30. The second kappa shape index (κ2) is 2.88. The minimum Gasteiger partial charge on any atom is -0.494 e. The highest BCUT2D eigenvalue weighted by Gasteiger charge is 1.98. The molecule has 0 atom stereocenters. The molecule has 0 fully saturated rings. The number of halogens is 1. The van der Waals surface area contributed by atoms with Crippen molar-refractivity contribution >= 4 is 11.6 Å². The highest BCUT2D eigenvalue weighted by Crippen LogP contribution is 2.21. The Morgan fingerprint density at radius 1 is 1.60 bits per heavy atom. The Hall–Kier alpha value is -0.760. The number of ether oxygens (including phenoxy) is 1. The van der Waals surface area contributed by atoms with E-state index in [4.69, 9.17) is 16.3 Å². The first-order chi connectivity index (χ1) is 4.74. The molecule has 0 N–H and O–H groups in total. The number of nitrogens with zero attached hydrogens (tertiary/aromatic N) is 1. The Kier molecular flexibility index (Phi) is 2.12. The summed E-state index contributed by atoms with van der Waals surface area (Å²) in [7, 11) is 1.57. The lowest BCUT2D eigenvalue weighted by Crippen LogP contribution is -1.87. The molecule has 0 unspecified atom stereocenters. The van der Waals surface area contributed by atoms with Crippen molar-refractivity contribution in [3.05, 3.63) is 23.0 Å². The van der Waals surface area contributed by atoms with Crippen molar-refractivity contribution in [2.24, 2.45) is 0 Å². The second-order valence-corrected chi connectivity index (χ2v) is 2.36. The van der Waals surface area contributed by atoms with Gasteiger partial charge in [0.05, 0.1) is 7.11 Å². The van der Waals surface area contributed by atoms with Crippen LogP contribution in [0.25, 0.3) is 0 Å². The molecule has 0 saturated carbocycles. The molecular formula is C7H8ClNO. The zero-order valence-electron chi connectivity index (χ0n) is 5.89. The SMILES string of the molecule is COc1cc(C)cnc1Cl. The average Bonchev–Trinajstić information content (AvgIpc) is 1.94. The van der Waals surface area contributed by atoms with Crippen molar-refractivity contribution < 1.29 is 4.74 Å². The largest absolute Gasteiger partial charge is 0.494 e. The van der Waals surface area contributed by atoms with Gasteiger partial charge in [-0.15, -0.1) is 0 Å². The lowest BCUT2D eigenvalue weighted by atomic mass is 10.3. The van der Waals surface area contributed by atoms with Crippen LogP contribution in [0.3, 0.4) is 0 Å². The van der Waals surface area contributed by atoms with Gasteiger partial charge in [0, 0.05) is 6.20 Å². The highest BCUT2D eigenvalue weighted by atomic mass is 35.5. The third-order valence-corrected chi connectivity index (χ3v) is 1.45. The maximum Gasteiger partial charge on any atom is 0.171 e. The van der Waals surface area contributed by atoms with Crippen molar-refractivity contribution in [3.8, 4) is 5.75 Å². The maximum absolute atomic E-state index is 5.66. The summed E-state index contributed by atoms with van der Waals surface area (Å²) >= 11 is 5.66. The van der Waals surface area contributed by atoms with Gasteiger partial charge in [0.1, 0.15) is 0 Å². The van der Waals surface area contributed by atoms with Gasteiger partial charge in [-0.2, -0.15) is 0 Å². The molecule has 1 aromatic rings. The molecule has 0 aliphatic carbocycles. The molecule has 10 heavy (non-hydrogen) atoms. The standard InChI is InChI=1S/C7H8ClNO/c1-5-3-6(10-2)7(8)9-4-5/h3-4H,1-2H3. The molecule has 54 valence electrons. The third kappa shape index (κ3) is 1.39. The quantitative estimate of drug-likeness (QED) is 0.583. The average molecular weight is 158 g/mol. The van der Waals surface area contributed by atoms with E-state index in [0.29, 0.717) is 10.9 Å². The fourth-order valence-corrected chi connectivity index (χ4v) is 0.849. The van der Waals surface area contributed by atoms with Crippen LogP contribution < -0.4 is 4.74 Å². The predicted molar refractivity (Wildman–Crippen MR) is 40.5 cm³/mol. The fraction of sp³-hybridized carbons (Fsp3) is 0.286. The van der Waals surface area contributed by atoms with Crippen molar-refractivity contribution in [1.82, 2.24) is 4.98 Å². The number of rotatable bonds is 1. The van der Waals surface area contributed by atoms with E-state index in [-0.39, 0.29) is 0 Å². The lowest BCUT2D eigenvalue weighted by Gasteiger charge is -2.00. The molecule has 2 nitrogen and oxygen atoms in total. The summed E-state index contributed by atoms with van der Waals surface area (Å²) in [6, 6.07) is 1.84. The zero-order valence-corrected chi connectivity index (χ0v) is 6.64. The van der Waals surface area contributed by atoms with E-state index in [1.165, 1.54) is 0 Å². The molecule has 0 radical (unpaired) electrons. The molecule has 1 rings (SSSR count). The number of pyridine rings is 1.